The molecule has 23 heavy (non-hydrogen) atoms. The first kappa shape index (κ1) is 16.1. The molecule has 2 atom stereocenters. The molecule has 1 fully saturated rings. The van der Waals surface area contributed by atoms with Gasteiger partial charge >= 0.3 is 12.4 Å². The van der Waals surface area contributed by atoms with Crippen molar-refractivity contribution >= 4 is 10.9 Å². The Morgan fingerprint density at radius 3 is 2.39 bits per heavy atom. The second-order valence-corrected chi connectivity index (χ2v) is 5.91. The lowest BCUT2D eigenvalue weighted by molar-refractivity contribution is -0.148. The SMILES string of the molecule is CC[C@H]1C[C@@H]1c1ccc2c(C(F)(F)F)nn(CC(F)(F)F)c2c1. The number of aromatic nitrogens is 2. The molecule has 0 unspecified atom stereocenters. The smallest absolute Gasteiger partial charge is 0.255 e. The van der Waals surface area contributed by atoms with Gasteiger partial charge in [-0.2, -0.15) is 31.4 Å². The number of nitrogens with zero attached hydrogens (tertiary/aromatic N) is 2. The predicted molar refractivity (Wildman–Crippen MR) is 71.9 cm³/mol. The molecule has 0 bridgehead atoms. The van der Waals surface area contributed by atoms with Crippen LogP contribution in [0.5, 0.6) is 0 Å². The Balaban J connectivity index is 2.10. The monoisotopic (exact) mass is 336 g/mol. The molecule has 1 saturated carbocycles. The first-order chi connectivity index (χ1) is 10.6. The van der Waals surface area contributed by atoms with Crippen LogP contribution in [-0.4, -0.2) is 16.0 Å². The van der Waals surface area contributed by atoms with Crippen molar-refractivity contribution in [1.29, 1.82) is 0 Å². The first-order valence-corrected chi connectivity index (χ1v) is 7.24. The fourth-order valence-electron chi connectivity index (χ4n) is 3.03. The zero-order valence-corrected chi connectivity index (χ0v) is 12.2. The van der Waals surface area contributed by atoms with Gasteiger partial charge in [-0.3, -0.25) is 4.68 Å². The van der Waals surface area contributed by atoms with Crippen LogP contribution in [0.1, 0.15) is 36.9 Å². The molecule has 1 aliphatic carbocycles. The van der Waals surface area contributed by atoms with E-state index in [1.165, 1.54) is 12.1 Å². The lowest BCUT2D eigenvalue weighted by Crippen LogP contribution is -2.19. The fourth-order valence-corrected chi connectivity index (χ4v) is 3.03. The van der Waals surface area contributed by atoms with Crippen molar-refractivity contribution in [2.24, 2.45) is 5.92 Å². The van der Waals surface area contributed by atoms with Gasteiger partial charge < -0.3 is 0 Å². The van der Waals surface area contributed by atoms with Crippen LogP contribution in [0.3, 0.4) is 0 Å². The van der Waals surface area contributed by atoms with E-state index in [1.807, 2.05) is 6.92 Å². The van der Waals surface area contributed by atoms with E-state index < -0.39 is 24.6 Å². The van der Waals surface area contributed by atoms with Crippen molar-refractivity contribution in [3.05, 3.63) is 29.5 Å². The standard InChI is InChI=1S/C15H14F6N2/c1-2-8-5-11(8)9-3-4-10-12(6-9)23(7-14(16,17)18)22-13(10)15(19,20)21/h3-4,6,8,11H,2,5,7H2,1H3/t8-,11-/m0/s1. The van der Waals surface area contributed by atoms with Gasteiger partial charge in [-0.1, -0.05) is 25.5 Å². The summed E-state index contributed by atoms with van der Waals surface area (Å²) in [5.74, 6) is 0.668. The summed E-state index contributed by atoms with van der Waals surface area (Å²) in [4.78, 5) is 0. The Morgan fingerprint density at radius 2 is 1.87 bits per heavy atom. The molecule has 1 aliphatic rings. The molecular weight excluding hydrogens is 322 g/mol. The lowest BCUT2D eigenvalue weighted by atomic mass is 10.1. The Morgan fingerprint density at radius 1 is 1.17 bits per heavy atom. The van der Waals surface area contributed by atoms with Gasteiger partial charge in [-0.15, -0.1) is 0 Å². The molecule has 0 radical (unpaired) electrons. The average Bonchev–Trinajstić information content (AvgIpc) is 3.12. The molecule has 1 aromatic heterocycles. The molecule has 0 amide bonds. The number of fused-ring (bicyclic) bond motifs is 1. The van der Waals surface area contributed by atoms with Crippen LogP contribution in [0.4, 0.5) is 26.3 Å². The molecule has 0 aliphatic heterocycles. The van der Waals surface area contributed by atoms with E-state index in [-0.39, 0.29) is 16.8 Å². The van der Waals surface area contributed by atoms with E-state index in [0.717, 1.165) is 18.4 Å². The van der Waals surface area contributed by atoms with E-state index >= 15 is 0 Å². The maximum absolute atomic E-state index is 13.0. The predicted octanol–water partition coefficient (Wildman–Crippen LogP) is 5.13. The second kappa shape index (κ2) is 5.14. The van der Waals surface area contributed by atoms with Crippen LogP contribution in [0, 0.1) is 5.92 Å². The topological polar surface area (TPSA) is 17.8 Å². The van der Waals surface area contributed by atoms with E-state index in [4.69, 9.17) is 0 Å². The summed E-state index contributed by atoms with van der Waals surface area (Å²) in [6.45, 7) is 0.476. The minimum atomic E-state index is -4.79. The normalized spacial score (nSPS) is 21.9. The summed E-state index contributed by atoms with van der Waals surface area (Å²) in [5, 5.41) is 2.89. The van der Waals surface area contributed by atoms with Crippen LogP contribution < -0.4 is 0 Å². The van der Waals surface area contributed by atoms with Gasteiger partial charge in [-0.05, 0) is 29.9 Å². The van der Waals surface area contributed by atoms with Gasteiger partial charge in [0.2, 0.25) is 0 Å². The molecule has 126 valence electrons. The summed E-state index contributed by atoms with van der Waals surface area (Å²) < 4.78 is 77.3. The van der Waals surface area contributed by atoms with Gasteiger partial charge in [0.15, 0.2) is 5.69 Å². The molecule has 8 heteroatoms. The third-order valence-corrected chi connectivity index (χ3v) is 4.25. The van der Waals surface area contributed by atoms with E-state index in [9.17, 15) is 26.3 Å². The van der Waals surface area contributed by atoms with E-state index in [1.54, 1.807) is 6.07 Å². The average molecular weight is 336 g/mol. The zero-order chi connectivity index (χ0) is 17.0. The van der Waals surface area contributed by atoms with Crippen LogP contribution >= 0.6 is 0 Å². The third-order valence-electron chi connectivity index (χ3n) is 4.25. The largest absolute Gasteiger partial charge is 0.435 e. The summed E-state index contributed by atoms with van der Waals surface area (Å²) in [6, 6.07) is 4.22. The summed E-state index contributed by atoms with van der Waals surface area (Å²) in [6.07, 6.45) is -7.56. The minimum Gasteiger partial charge on any atom is -0.255 e. The maximum Gasteiger partial charge on any atom is 0.435 e. The lowest BCUT2D eigenvalue weighted by Gasteiger charge is -2.08. The Labute approximate surface area is 128 Å². The highest BCUT2D eigenvalue weighted by molar-refractivity contribution is 5.83. The van der Waals surface area contributed by atoms with Crippen LogP contribution in [0.2, 0.25) is 0 Å². The molecule has 2 nitrogen and oxygen atoms in total. The Hall–Kier alpha value is -1.73. The molecule has 0 saturated heterocycles. The minimum absolute atomic E-state index is 0.117. The Kier molecular flexibility index (Phi) is 3.61. The number of alkyl halides is 6. The molecule has 2 aromatic rings. The molecule has 0 N–H and O–H groups in total. The number of rotatable bonds is 3. The van der Waals surface area contributed by atoms with Crippen molar-refractivity contribution in [2.75, 3.05) is 0 Å². The van der Waals surface area contributed by atoms with Gasteiger partial charge in [-0.25, -0.2) is 0 Å². The third kappa shape index (κ3) is 3.16. The second-order valence-electron chi connectivity index (χ2n) is 5.91. The highest BCUT2D eigenvalue weighted by Gasteiger charge is 2.40. The summed E-state index contributed by atoms with van der Waals surface area (Å²) >= 11 is 0. The van der Waals surface area contributed by atoms with E-state index in [2.05, 4.69) is 5.10 Å². The summed E-state index contributed by atoms with van der Waals surface area (Å²) in [7, 11) is 0. The molecular formula is C15H14F6N2. The Bertz CT molecular complexity index is 728. The number of halogens is 6. The first-order valence-electron chi connectivity index (χ1n) is 7.24. The number of hydrogen-bond donors (Lipinski definition) is 0. The van der Waals surface area contributed by atoms with Gasteiger partial charge in [0.05, 0.1) is 5.52 Å². The highest BCUT2D eigenvalue weighted by atomic mass is 19.4. The van der Waals surface area contributed by atoms with Gasteiger partial charge in [0, 0.05) is 5.39 Å². The summed E-state index contributed by atoms with van der Waals surface area (Å²) in [5.41, 5.74) is -0.610. The van der Waals surface area contributed by atoms with Crippen molar-refractivity contribution in [3.63, 3.8) is 0 Å². The highest BCUT2D eigenvalue weighted by Crippen LogP contribution is 2.50. The molecule has 3 rings (SSSR count). The van der Waals surface area contributed by atoms with Crippen molar-refractivity contribution in [2.45, 2.75) is 44.6 Å². The van der Waals surface area contributed by atoms with Crippen molar-refractivity contribution in [3.8, 4) is 0 Å². The maximum atomic E-state index is 13.0. The van der Waals surface area contributed by atoms with Gasteiger partial charge in [0.1, 0.15) is 6.54 Å². The van der Waals surface area contributed by atoms with Crippen LogP contribution in [0.25, 0.3) is 10.9 Å². The van der Waals surface area contributed by atoms with Crippen LogP contribution in [0.15, 0.2) is 18.2 Å². The van der Waals surface area contributed by atoms with Crippen molar-refractivity contribution in [1.82, 2.24) is 9.78 Å². The van der Waals surface area contributed by atoms with E-state index in [0.29, 0.717) is 10.6 Å². The van der Waals surface area contributed by atoms with Crippen LogP contribution in [-0.2, 0) is 12.7 Å². The van der Waals surface area contributed by atoms with Gasteiger partial charge in [0.25, 0.3) is 0 Å². The zero-order valence-electron chi connectivity index (χ0n) is 12.2. The molecule has 0 spiro atoms. The molecule has 1 aromatic carbocycles. The number of hydrogen-bond acceptors (Lipinski definition) is 1. The number of benzene rings is 1. The molecule has 1 heterocycles. The fraction of sp³-hybridized carbons (Fsp3) is 0.533. The quantitative estimate of drug-likeness (QED) is 0.711. The van der Waals surface area contributed by atoms with Crippen molar-refractivity contribution < 1.29 is 26.3 Å².